The summed E-state index contributed by atoms with van der Waals surface area (Å²) in [6.07, 6.45) is 5.81. The molecule has 0 spiro atoms. The zero-order valence-electron chi connectivity index (χ0n) is 46.3. The molecule has 0 aromatic heterocycles. The maximum atomic E-state index is 12.8. The third kappa shape index (κ3) is 21.9. The Hall–Kier alpha value is -9.93. The van der Waals surface area contributed by atoms with Crippen molar-refractivity contribution in [3.8, 4) is 5.75 Å². The van der Waals surface area contributed by atoms with E-state index >= 15 is 0 Å². The number of nitro groups is 1. The molecule has 0 bridgehead atoms. The predicted octanol–water partition coefficient (Wildman–Crippen LogP) is 13.5. The molecular weight excluding hydrogens is 1170 g/mol. The van der Waals surface area contributed by atoms with Crippen molar-refractivity contribution in [2.45, 2.75) is 13.8 Å². The molecule has 0 unspecified atom stereocenters. The standard InChI is InChI=1S/C31H29BrClN3O6.C30H28N4O8/c1-21(2)30(38)41-18-19-42-31(39)27-20-25(11-14-28(27)32)35-34-24-9-12-26(13-10-24)36(3)16-17-40-29(37)15-6-22-4-7-23(33)8-5-22;1-20(2)29(36)41-18-17-33(3)24-11-8-22(9-12-24)31-32-23-10-15-27(34(38)39)26(19-23)30(37)42-25-13-5-21(6-14-25)7-16-28(35)40-4/h4-15,20H,1,16-19H2,2-3H3;5-16,19H,1,17-18H2,2-4H3/b15-6+,35-34?;16-7+,32-31?. The van der Waals surface area contributed by atoms with Crippen LogP contribution in [0.25, 0.3) is 12.2 Å². The number of carbonyl (C=O) groups is 6. The number of methoxy groups -OCH3 is 1. The van der Waals surface area contributed by atoms with Crippen molar-refractivity contribution in [3.63, 3.8) is 0 Å². The molecule has 0 heterocycles. The Balaban J connectivity index is 0.000000307. The SMILES string of the molecule is C=C(C)C(=O)OCCN(C)c1ccc(N=Nc2ccc([N+](=O)[O-])c(C(=O)Oc3ccc(/C=C/C(=O)OC)cc3)c2)cc1.C=C(C)C(=O)OCCOC(=O)c1cc(N=Nc2ccc(N(C)CCOC(=O)/C=C/c3ccc(Cl)cc3)cc2)ccc1Br. The quantitative estimate of drug-likeness (QED) is 0.00754. The number of esters is 6. The third-order valence-electron chi connectivity index (χ3n) is 11.3. The van der Waals surface area contributed by atoms with Crippen LogP contribution in [0.1, 0.15) is 45.7 Å². The van der Waals surface area contributed by atoms with Crippen LogP contribution in [0.4, 0.5) is 39.8 Å². The van der Waals surface area contributed by atoms with Gasteiger partial charge in [0, 0.05) is 64.3 Å². The predicted molar refractivity (Wildman–Crippen MR) is 321 cm³/mol. The molecule has 6 aromatic carbocycles. The number of nitrogens with zero attached hydrogens (tertiary/aromatic N) is 7. The molecule has 84 heavy (non-hydrogen) atoms. The van der Waals surface area contributed by atoms with Crippen molar-refractivity contribution in [1.82, 2.24) is 0 Å². The summed E-state index contributed by atoms with van der Waals surface area (Å²) in [4.78, 5) is 86.2. The smallest absolute Gasteiger partial charge is 0.350 e. The molecule has 6 aromatic rings. The lowest BCUT2D eigenvalue weighted by Crippen LogP contribution is -2.23. The molecule has 0 aliphatic rings. The molecule has 0 saturated heterocycles. The van der Waals surface area contributed by atoms with E-state index in [0.717, 1.165) is 23.0 Å². The van der Waals surface area contributed by atoms with E-state index < -0.39 is 46.4 Å². The van der Waals surface area contributed by atoms with Gasteiger partial charge in [-0.2, -0.15) is 20.5 Å². The summed E-state index contributed by atoms with van der Waals surface area (Å²) in [6.45, 7) is 11.4. The van der Waals surface area contributed by atoms with Crippen LogP contribution in [-0.2, 0) is 42.9 Å². The van der Waals surface area contributed by atoms with E-state index in [-0.39, 0.29) is 54.6 Å². The van der Waals surface area contributed by atoms with Crippen molar-refractivity contribution in [1.29, 1.82) is 0 Å². The van der Waals surface area contributed by atoms with Gasteiger partial charge in [-0.05, 0) is 156 Å². The average Bonchev–Trinajstić information content (AvgIpc) is 3.42. The van der Waals surface area contributed by atoms with Gasteiger partial charge in [-0.1, -0.05) is 49.0 Å². The number of hydrogen-bond donors (Lipinski definition) is 0. The maximum absolute atomic E-state index is 12.8. The van der Waals surface area contributed by atoms with Gasteiger partial charge in [-0.3, -0.25) is 10.1 Å². The van der Waals surface area contributed by atoms with Crippen molar-refractivity contribution in [2.75, 3.05) is 70.5 Å². The largest absolute Gasteiger partial charge is 0.466 e. The van der Waals surface area contributed by atoms with Crippen molar-refractivity contribution >= 4 is 115 Å². The summed E-state index contributed by atoms with van der Waals surface area (Å²) in [5.74, 6) is -3.33. The Morgan fingerprint density at radius 1 is 0.571 bits per heavy atom. The van der Waals surface area contributed by atoms with E-state index in [1.54, 1.807) is 79.7 Å². The van der Waals surface area contributed by atoms with E-state index in [1.165, 1.54) is 56.5 Å². The van der Waals surface area contributed by atoms with Gasteiger partial charge in [0.05, 0.1) is 53.4 Å². The number of azo groups is 2. The lowest BCUT2D eigenvalue weighted by atomic mass is 10.1. The molecular formula is C61H57BrClN7O14. The van der Waals surface area contributed by atoms with Gasteiger partial charge in [0.25, 0.3) is 5.69 Å². The van der Waals surface area contributed by atoms with Crippen LogP contribution in [0.15, 0.2) is 195 Å². The van der Waals surface area contributed by atoms with Crippen molar-refractivity contribution in [3.05, 3.63) is 212 Å². The highest BCUT2D eigenvalue weighted by Crippen LogP contribution is 2.30. The first kappa shape index (κ1) is 64.9. The Kier molecular flexibility index (Phi) is 25.6. The van der Waals surface area contributed by atoms with Gasteiger partial charge in [0.15, 0.2) is 0 Å². The molecule has 6 rings (SSSR count). The van der Waals surface area contributed by atoms with Crippen LogP contribution in [0, 0.1) is 10.1 Å². The monoisotopic (exact) mass is 1230 g/mol. The van der Waals surface area contributed by atoms with Crippen LogP contribution < -0.4 is 14.5 Å². The minimum atomic E-state index is -0.946. The van der Waals surface area contributed by atoms with Gasteiger partial charge in [0.2, 0.25) is 0 Å². The number of halogens is 2. The summed E-state index contributed by atoms with van der Waals surface area (Å²) in [6, 6.07) is 36.4. The Morgan fingerprint density at radius 2 is 1.01 bits per heavy atom. The highest BCUT2D eigenvalue weighted by molar-refractivity contribution is 9.10. The first-order chi connectivity index (χ1) is 40.2. The molecule has 0 amide bonds. The average molecular weight is 1230 g/mol. The van der Waals surface area contributed by atoms with E-state index in [1.807, 2.05) is 60.3 Å². The molecule has 0 aliphatic heterocycles. The van der Waals surface area contributed by atoms with E-state index in [4.69, 9.17) is 35.3 Å². The fraction of sp³-hybridized carbons (Fsp3) is 0.180. The van der Waals surface area contributed by atoms with Crippen LogP contribution in [0.2, 0.25) is 5.02 Å². The molecule has 23 heteroatoms. The molecule has 434 valence electrons. The molecule has 0 radical (unpaired) electrons. The van der Waals surface area contributed by atoms with Crippen LogP contribution in [0.5, 0.6) is 5.75 Å². The Labute approximate surface area is 497 Å². The second-order valence-corrected chi connectivity index (χ2v) is 19.0. The molecule has 0 fully saturated rings. The fourth-order valence-corrected chi connectivity index (χ4v) is 7.19. The van der Waals surface area contributed by atoms with Gasteiger partial charge in [-0.25, -0.2) is 28.8 Å². The topological polar surface area (TPSA) is 257 Å². The number of carbonyl (C=O) groups excluding carboxylic acids is 6. The second-order valence-electron chi connectivity index (χ2n) is 17.7. The maximum Gasteiger partial charge on any atom is 0.350 e. The second kappa shape index (κ2) is 33.1. The van der Waals surface area contributed by atoms with Crippen molar-refractivity contribution < 1.29 is 62.1 Å². The minimum absolute atomic E-state index is 0.0761. The van der Waals surface area contributed by atoms with Crippen LogP contribution >= 0.6 is 27.5 Å². The summed E-state index contributed by atoms with van der Waals surface area (Å²) in [7, 11) is 5.00. The first-order valence-corrected chi connectivity index (χ1v) is 26.4. The van der Waals surface area contributed by atoms with E-state index in [9.17, 15) is 38.9 Å². The normalized spacial score (nSPS) is 10.9. The van der Waals surface area contributed by atoms with E-state index in [0.29, 0.717) is 50.8 Å². The van der Waals surface area contributed by atoms with Gasteiger partial charge in [-0.15, -0.1) is 0 Å². The first-order valence-electron chi connectivity index (χ1n) is 25.2. The number of nitro benzene ring substituents is 1. The number of ether oxygens (including phenoxy) is 6. The van der Waals surface area contributed by atoms with Gasteiger partial charge in [0.1, 0.15) is 37.7 Å². The summed E-state index contributed by atoms with van der Waals surface area (Å²) in [5.41, 5.74) is 5.15. The zero-order valence-corrected chi connectivity index (χ0v) is 48.6. The summed E-state index contributed by atoms with van der Waals surface area (Å²) < 4.78 is 30.9. The molecule has 0 atom stereocenters. The summed E-state index contributed by atoms with van der Waals surface area (Å²) in [5, 5.41) is 28.9. The Morgan fingerprint density at radius 3 is 1.52 bits per heavy atom. The highest BCUT2D eigenvalue weighted by Gasteiger charge is 2.23. The number of likely N-dealkylation sites (N-methyl/N-ethyl adjacent to an activating group) is 2. The van der Waals surface area contributed by atoms with Crippen LogP contribution in [-0.4, -0.2) is 101 Å². The molecule has 21 nitrogen and oxygen atoms in total. The number of hydrogen-bond acceptors (Lipinski definition) is 20. The van der Waals surface area contributed by atoms with Gasteiger partial charge >= 0.3 is 35.8 Å². The lowest BCUT2D eigenvalue weighted by Gasteiger charge is -2.19. The molecule has 0 N–H and O–H groups in total. The van der Waals surface area contributed by atoms with Crippen LogP contribution in [0.3, 0.4) is 0 Å². The molecule has 0 saturated carbocycles. The van der Waals surface area contributed by atoms with E-state index in [2.05, 4.69) is 54.3 Å². The van der Waals surface area contributed by atoms with Gasteiger partial charge < -0.3 is 38.2 Å². The highest BCUT2D eigenvalue weighted by atomic mass is 79.9. The number of rotatable bonds is 25. The third-order valence-corrected chi connectivity index (χ3v) is 12.2. The zero-order chi connectivity index (χ0) is 61.1. The number of benzene rings is 6. The fourth-order valence-electron chi connectivity index (χ4n) is 6.66. The lowest BCUT2D eigenvalue weighted by molar-refractivity contribution is -0.385. The number of anilines is 2. The van der Waals surface area contributed by atoms with Crippen molar-refractivity contribution in [2.24, 2.45) is 20.5 Å². The minimum Gasteiger partial charge on any atom is -0.466 e. The Bertz CT molecular complexity index is 3460. The molecule has 0 aliphatic carbocycles. The summed E-state index contributed by atoms with van der Waals surface area (Å²) >= 11 is 9.20.